The first-order chi connectivity index (χ1) is 11.1. The maximum absolute atomic E-state index is 12.0. The molecule has 1 aliphatic heterocycles. The van der Waals surface area contributed by atoms with E-state index in [1.807, 2.05) is 13.0 Å². The summed E-state index contributed by atoms with van der Waals surface area (Å²) in [4.78, 5) is 31.2. The third-order valence-corrected chi connectivity index (χ3v) is 4.16. The van der Waals surface area contributed by atoms with E-state index in [-0.39, 0.29) is 23.6 Å². The number of aromatic nitrogens is 2. The van der Waals surface area contributed by atoms with Gasteiger partial charge in [0.05, 0.1) is 23.0 Å². The molecule has 6 heteroatoms. The Kier molecular flexibility index (Phi) is 4.71. The maximum Gasteiger partial charge on any atom is 0.258 e. The van der Waals surface area contributed by atoms with Gasteiger partial charge in [0, 0.05) is 19.4 Å². The van der Waals surface area contributed by atoms with Crippen LogP contribution >= 0.6 is 0 Å². The van der Waals surface area contributed by atoms with Gasteiger partial charge in [-0.15, -0.1) is 0 Å². The number of hydrogen-bond donors (Lipinski definition) is 2. The second kappa shape index (κ2) is 6.91. The van der Waals surface area contributed by atoms with E-state index in [1.165, 1.54) is 0 Å². The van der Waals surface area contributed by atoms with Crippen LogP contribution in [0.25, 0.3) is 10.9 Å². The second-order valence-electron chi connectivity index (χ2n) is 5.94. The Morgan fingerprint density at radius 3 is 3.09 bits per heavy atom. The van der Waals surface area contributed by atoms with E-state index in [2.05, 4.69) is 15.3 Å². The van der Waals surface area contributed by atoms with Crippen molar-refractivity contribution >= 4 is 16.8 Å². The van der Waals surface area contributed by atoms with Crippen LogP contribution in [0.15, 0.2) is 29.1 Å². The summed E-state index contributed by atoms with van der Waals surface area (Å²) >= 11 is 0. The van der Waals surface area contributed by atoms with E-state index in [1.54, 1.807) is 18.2 Å². The van der Waals surface area contributed by atoms with E-state index in [9.17, 15) is 9.59 Å². The summed E-state index contributed by atoms with van der Waals surface area (Å²) in [5, 5.41) is 3.52. The number of carbonyl (C=O) groups is 1. The van der Waals surface area contributed by atoms with Crippen LogP contribution in [0, 0.1) is 0 Å². The van der Waals surface area contributed by atoms with Crippen molar-refractivity contribution in [1.82, 2.24) is 15.3 Å². The van der Waals surface area contributed by atoms with Gasteiger partial charge in [-0.25, -0.2) is 4.98 Å². The molecule has 1 aromatic heterocycles. The van der Waals surface area contributed by atoms with E-state index in [4.69, 9.17) is 4.74 Å². The number of nitrogens with zero attached hydrogens (tertiary/aromatic N) is 1. The quantitative estimate of drug-likeness (QED) is 0.876. The lowest BCUT2D eigenvalue weighted by Gasteiger charge is -2.19. The molecule has 122 valence electrons. The molecule has 2 heterocycles. The van der Waals surface area contributed by atoms with E-state index < -0.39 is 0 Å². The highest BCUT2D eigenvalue weighted by atomic mass is 16.5. The van der Waals surface area contributed by atoms with Gasteiger partial charge in [0.1, 0.15) is 5.82 Å². The Balaban J connectivity index is 1.59. The lowest BCUT2D eigenvalue weighted by Crippen LogP contribution is -2.40. The number of fused-ring (bicyclic) bond motifs is 1. The van der Waals surface area contributed by atoms with Crippen LogP contribution < -0.4 is 10.9 Å². The summed E-state index contributed by atoms with van der Waals surface area (Å²) in [6.45, 7) is 2.73. The number of amides is 1. The number of rotatable bonds is 5. The van der Waals surface area contributed by atoms with Crippen molar-refractivity contribution in [3.8, 4) is 0 Å². The molecule has 2 atom stereocenters. The molecule has 0 saturated carbocycles. The average Bonchev–Trinajstić information content (AvgIpc) is 3.07. The van der Waals surface area contributed by atoms with Crippen molar-refractivity contribution in [2.75, 3.05) is 6.61 Å². The zero-order chi connectivity index (χ0) is 16.2. The van der Waals surface area contributed by atoms with Gasteiger partial charge in [0.2, 0.25) is 5.91 Å². The second-order valence-corrected chi connectivity index (χ2v) is 5.94. The summed E-state index contributed by atoms with van der Waals surface area (Å²) in [7, 11) is 0. The number of para-hydroxylation sites is 1. The van der Waals surface area contributed by atoms with Crippen LogP contribution in [0.2, 0.25) is 0 Å². The number of H-pyrrole nitrogens is 1. The van der Waals surface area contributed by atoms with Crippen LogP contribution in [0.3, 0.4) is 0 Å². The molecule has 1 aromatic carbocycles. The molecular weight excluding hydrogens is 294 g/mol. The lowest BCUT2D eigenvalue weighted by atomic mass is 10.1. The number of ether oxygens (including phenoxy) is 1. The molecule has 0 bridgehead atoms. The number of carbonyl (C=O) groups excluding carboxylic acids is 1. The molecule has 0 aliphatic carbocycles. The summed E-state index contributed by atoms with van der Waals surface area (Å²) in [5.41, 5.74) is 0.484. The van der Waals surface area contributed by atoms with Crippen LogP contribution in [0.5, 0.6) is 0 Å². The molecule has 6 nitrogen and oxygen atoms in total. The third kappa shape index (κ3) is 3.76. The highest BCUT2D eigenvalue weighted by molar-refractivity contribution is 5.78. The zero-order valence-electron chi connectivity index (χ0n) is 13.2. The minimum Gasteiger partial charge on any atom is -0.376 e. The summed E-state index contributed by atoms with van der Waals surface area (Å²) in [6, 6.07) is 7.19. The van der Waals surface area contributed by atoms with Gasteiger partial charge >= 0.3 is 0 Å². The first-order valence-electron chi connectivity index (χ1n) is 8.02. The topological polar surface area (TPSA) is 84.1 Å². The van der Waals surface area contributed by atoms with E-state index >= 15 is 0 Å². The summed E-state index contributed by atoms with van der Waals surface area (Å²) < 4.78 is 5.57. The van der Waals surface area contributed by atoms with Crippen molar-refractivity contribution in [3.63, 3.8) is 0 Å². The predicted octanol–water partition coefficient (Wildman–Crippen LogP) is 1.54. The first-order valence-corrected chi connectivity index (χ1v) is 8.02. The van der Waals surface area contributed by atoms with Gasteiger partial charge in [0.15, 0.2) is 0 Å². The van der Waals surface area contributed by atoms with Gasteiger partial charge in [-0.1, -0.05) is 12.1 Å². The summed E-state index contributed by atoms with van der Waals surface area (Å²) in [6.07, 6.45) is 2.84. The molecule has 2 aromatic rings. The van der Waals surface area contributed by atoms with Gasteiger partial charge in [-0.05, 0) is 31.9 Å². The van der Waals surface area contributed by atoms with Crippen LogP contribution in [-0.2, 0) is 16.0 Å². The predicted molar refractivity (Wildman–Crippen MR) is 87.3 cm³/mol. The Labute approximate surface area is 134 Å². The molecule has 1 saturated heterocycles. The van der Waals surface area contributed by atoms with Crippen molar-refractivity contribution in [1.29, 1.82) is 0 Å². The number of aryl methyl sites for hydroxylation is 1. The molecule has 3 rings (SSSR count). The van der Waals surface area contributed by atoms with Gasteiger partial charge in [0.25, 0.3) is 5.56 Å². The Bertz CT molecular complexity index is 750. The SMILES string of the molecule is C[C@@H](NC(=O)CCc1nc2ccccc2c(=O)[nH]1)[C@H]1CCCO1. The number of hydrogen-bond acceptors (Lipinski definition) is 4. The molecule has 1 amide bonds. The average molecular weight is 315 g/mol. The number of aromatic amines is 1. The molecule has 2 N–H and O–H groups in total. The van der Waals surface area contributed by atoms with Crippen molar-refractivity contribution in [2.24, 2.45) is 0 Å². The van der Waals surface area contributed by atoms with Gasteiger partial charge < -0.3 is 15.0 Å². The van der Waals surface area contributed by atoms with E-state index in [0.717, 1.165) is 19.4 Å². The molecule has 0 radical (unpaired) electrons. The van der Waals surface area contributed by atoms with E-state index in [0.29, 0.717) is 29.6 Å². The molecule has 1 fully saturated rings. The van der Waals surface area contributed by atoms with Crippen LogP contribution in [0.1, 0.15) is 32.0 Å². The fraction of sp³-hybridized carbons (Fsp3) is 0.471. The minimum absolute atomic E-state index is 0.00797. The smallest absolute Gasteiger partial charge is 0.258 e. The zero-order valence-corrected chi connectivity index (χ0v) is 13.2. The first kappa shape index (κ1) is 15.7. The fourth-order valence-electron chi connectivity index (χ4n) is 2.90. The Morgan fingerprint density at radius 2 is 2.30 bits per heavy atom. The largest absolute Gasteiger partial charge is 0.376 e. The van der Waals surface area contributed by atoms with Crippen molar-refractivity contribution in [2.45, 2.75) is 44.8 Å². The molecule has 1 aliphatic rings. The highest BCUT2D eigenvalue weighted by Gasteiger charge is 2.23. The summed E-state index contributed by atoms with van der Waals surface area (Å²) in [5.74, 6) is 0.484. The minimum atomic E-state index is -0.168. The highest BCUT2D eigenvalue weighted by Crippen LogP contribution is 2.15. The molecule has 0 spiro atoms. The third-order valence-electron chi connectivity index (χ3n) is 4.16. The van der Waals surface area contributed by atoms with Gasteiger partial charge in [-0.2, -0.15) is 0 Å². The maximum atomic E-state index is 12.0. The molecular formula is C17H21N3O3. The van der Waals surface area contributed by atoms with Crippen molar-refractivity contribution in [3.05, 3.63) is 40.4 Å². The van der Waals surface area contributed by atoms with Gasteiger partial charge in [-0.3, -0.25) is 9.59 Å². The Hall–Kier alpha value is -2.21. The lowest BCUT2D eigenvalue weighted by molar-refractivity contribution is -0.122. The molecule has 0 unspecified atom stereocenters. The number of benzene rings is 1. The van der Waals surface area contributed by atoms with Crippen LogP contribution in [-0.4, -0.2) is 34.6 Å². The standard InChI is InChI=1S/C17H21N3O3/c1-11(14-7-4-10-23-14)18-16(21)9-8-15-19-13-6-3-2-5-12(13)17(22)20-15/h2-3,5-6,11,14H,4,7-10H2,1H3,(H,18,21)(H,19,20,22)/t11-,14-/m1/s1. The van der Waals surface area contributed by atoms with Crippen molar-refractivity contribution < 1.29 is 9.53 Å². The van der Waals surface area contributed by atoms with Crippen LogP contribution in [0.4, 0.5) is 0 Å². The number of nitrogens with one attached hydrogen (secondary N) is 2. The Morgan fingerprint density at radius 1 is 1.48 bits per heavy atom. The fourth-order valence-corrected chi connectivity index (χ4v) is 2.90. The monoisotopic (exact) mass is 315 g/mol. The normalized spacial score (nSPS) is 18.9. The molecule has 23 heavy (non-hydrogen) atoms.